The van der Waals surface area contributed by atoms with E-state index in [9.17, 15) is 4.39 Å². The summed E-state index contributed by atoms with van der Waals surface area (Å²) in [5.41, 5.74) is 6.88. The summed E-state index contributed by atoms with van der Waals surface area (Å²) in [6, 6.07) is 4.82. The molecule has 106 valence electrons. The van der Waals surface area contributed by atoms with Crippen molar-refractivity contribution in [1.29, 1.82) is 0 Å². The fourth-order valence-electron chi connectivity index (χ4n) is 2.15. The summed E-state index contributed by atoms with van der Waals surface area (Å²) in [4.78, 5) is 4.48. The van der Waals surface area contributed by atoms with Gasteiger partial charge in [-0.15, -0.1) is 6.58 Å². The molecule has 5 heteroatoms. The monoisotopic (exact) mass is 293 g/mol. The summed E-state index contributed by atoms with van der Waals surface area (Å²) >= 11 is 5.82. The summed E-state index contributed by atoms with van der Waals surface area (Å²) in [7, 11) is 0. The number of hydrogen-bond acceptors (Lipinski definition) is 2. The standard InChI is InChI=1S/C15H17ClFN3/c1-3-6-12-19-14(15(18)20(12)9-4-2)10-7-5-8-11(16)13(10)17/h4-5,7-8H,2-3,6,9,18H2,1H3. The molecule has 20 heavy (non-hydrogen) atoms. The van der Waals surface area contributed by atoms with Crippen molar-refractivity contribution in [2.45, 2.75) is 26.3 Å². The molecule has 1 aromatic carbocycles. The predicted octanol–water partition coefficient (Wildman–Crippen LogP) is 4.06. The molecule has 0 bridgehead atoms. The average Bonchev–Trinajstić information content (AvgIpc) is 2.72. The van der Waals surface area contributed by atoms with Crippen molar-refractivity contribution >= 4 is 17.4 Å². The van der Waals surface area contributed by atoms with Gasteiger partial charge in [-0.1, -0.05) is 30.7 Å². The molecule has 3 nitrogen and oxygen atoms in total. The first-order valence-electron chi connectivity index (χ1n) is 6.50. The number of imidazole rings is 1. The summed E-state index contributed by atoms with van der Waals surface area (Å²) in [6.45, 7) is 6.32. The van der Waals surface area contributed by atoms with E-state index in [0.29, 0.717) is 23.6 Å². The zero-order chi connectivity index (χ0) is 14.7. The Morgan fingerprint density at radius 2 is 2.25 bits per heavy atom. The van der Waals surface area contributed by atoms with Gasteiger partial charge in [0.15, 0.2) is 5.82 Å². The lowest BCUT2D eigenvalue weighted by molar-refractivity contribution is 0.631. The molecule has 0 atom stereocenters. The fourth-order valence-corrected chi connectivity index (χ4v) is 2.32. The lowest BCUT2D eigenvalue weighted by Crippen LogP contribution is -2.05. The minimum Gasteiger partial charge on any atom is -0.383 e. The number of nitrogen functional groups attached to an aromatic ring is 1. The summed E-state index contributed by atoms with van der Waals surface area (Å²) in [6.07, 6.45) is 3.46. The molecule has 0 aliphatic rings. The summed E-state index contributed by atoms with van der Waals surface area (Å²) < 4.78 is 16.0. The van der Waals surface area contributed by atoms with Crippen LogP contribution in [-0.4, -0.2) is 9.55 Å². The van der Waals surface area contributed by atoms with Gasteiger partial charge in [-0.2, -0.15) is 0 Å². The third-order valence-electron chi connectivity index (χ3n) is 3.08. The predicted molar refractivity (Wildman–Crippen MR) is 81.2 cm³/mol. The third kappa shape index (κ3) is 2.56. The molecule has 1 heterocycles. The van der Waals surface area contributed by atoms with E-state index < -0.39 is 5.82 Å². The number of allylic oxidation sites excluding steroid dienone is 1. The number of anilines is 1. The highest BCUT2D eigenvalue weighted by Gasteiger charge is 2.18. The Morgan fingerprint density at radius 1 is 1.50 bits per heavy atom. The van der Waals surface area contributed by atoms with Crippen molar-refractivity contribution in [3.8, 4) is 11.3 Å². The van der Waals surface area contributed by atoms with Gasteiger partial charge in [0.1, 0.15) is 17.3 Å². The number of benzene rings is 1. The lowest BCUT2D eigenvalue weighted by atomic mass is 10.1. The van der Waals surface area contributed by atoms with E-state index in [-0.39, 0.29) is 5.02 Å². The first-order chi connectivity index (χ1) is 9.60. The maximum absolute atomic E-state index is 14.1. The SMILES string of the molecule is C=CCn1c(CCC)nc(-c2cccc(Cl)c2F)c1N. The molecule has 0 spiro atoms. The van der Waals surface area contributed by atoms with Crippen LogP contribution >= 0.6 is 11.6 Å². The minimum absolute atomic E-state index is 0.0669. The first-order valence-corrected chi connectivity index (χ1v) is 6.88. The molecule has 1 aromatic heterocycles. The van der Waals surface area contributed by atoms with Gasteiger partial charge in [-0.05, 0) is 18.6 Å². The van der Waals surface area contributed by atoms with Crippen LogP contribution in [0.2, 0.25) is 5.02 Å². The largest absolute Gasteiger partial charge is 0.383 e. The Balaban J connectivity index is 2.59. The van der Waals surface area contributed by atoms with Gasteiger partial charge in [0.05, 0.1) is 5.02 Å². The van der Waals surface area contributed by atoms with E-state index in [0.717, 1.165) is 18.7 Å². The fraction of sp³-hybridized carbons (Fsp3) is 0.267. The number of aromatic nitrogens is 2. The third-order valence-corrected chi connectivity index (χ3v) is 3.37. The van der Waals surface area contributed by atoms with E-state index in [1.807, 2.05) is 4.57 Å². The van der Waals surface area contributed by atoms with Crippen LogP contribution in [-0.2, 0) is 13.0 Å². The van der Waals surface area contributed by atoms with Crippen LogP contribution in [0, 0.1) is 5.82 Å². The number of aryl methyl sites for hydroxylation is 1. The lowest BCUT2D eigenvalue weighted by Gasteiger charge is -2.06. The number of hydrogen-bond donors (Lipinski definition) is 1. The molecule has 0 saturated carbocycles. The summed E-state index contributed by atoms with van der Waals surface area (Å²) in [5, 5.41) is 0.0669. The number of rotatable bonds is 5. The van der Waals surface area contributed by atoms with Crippen molar-refractivity contribution in [3.63, 3.8) is 0 Å². The van der Waals surface area contributed by atoms with Crippen LogP contribution in [0.5, 0.6) is 0 Å². The topological polar surface area (TPSA) is 43.8 Å². The molecule has 0 aliphatic heterocycles. The molecule has 2 rings (SSSR count). The van der Waals surface area contributed by atoms with Crippen molar-refractivity contribution in [2.75, 3.05) is 5.73 Å². The Labute approximate surface area is 122 Å². The second-order valence-electron chi connectivity index (χ2n) is 4.51. The smallest absolute Gasteiger partial charge is 0.151 e. The van der Waals surface area contributed by atoms with Crippen LogP contribution < -0.4 is 5.73 Å². The van der Waals surface area contributed by atoms with Crippen molar-refractivity contribution in [3.05, 3.63) is 47.5 Å². The number of halogens is 2. The molecule has 2 N–H and O–H groups in total. The maximum Gasteiger partial charge on any atom is 0.151 e. The van der Waals surface area contributed by atoms with Crippen LogP contribution in [0.1, 0.15) is 19.2 Å². The number of nitrogens with two attached hydrogens (primary N) is 1. The van der Waals surface area contributed by atoms with Crippen LogP contribution in [0.15, 0.2) is 30.9 Å². The molecule has 0 amide bonds. The molecule has 2 aromatic rings. The zero-order valence-electron chi connectivity index (χ0n) is 11.4. The second-order valence-corrected chi connectivity index (χ2v) is 4.92. The molecular weight excluding hydrogens is 277 g/mol. The Bertz CT molecular complexity index is 634. The molecule has 0 unspecified atom stereocenters. The van der Waals surface area contributed by atoms with Crippen LogP contribution in [0.4, 0.5) is 10.2 Å². The van der Waals surface area contributed by atoms with Gasteiger partial charge < -0.3 is 10.3 Å². The number of nitrogens with zero attached hydrogens (tertiary/aromatic N) is 2. The van der Waals surface area contributed by atoms with E-state index in [2.05, 4.69) is 18.5 Å². The van der Waals surface area contributed by atoms with Crippen molar-refractivity contribution in [2.24, 2.45) is 0 Å². The molecule has 0 fully saturated rings. The Hall–Kier alpha value is -1.81. The molecule has 0 aliphatic carbocycles. The molecule has 0 radical (unpaired) electrons. The molecular formula is C15H17ClFN3. The normalized spacial score (nSPS) is 10.8. The van der Waals surface area contributed by atoms with Gasteiger partial charge in [-0.3, -0.25) is 0 Å². The van der Waals surface area contributed by atoms with Crippen molar-refractivity contribution in [1.82, 2.24) is 9.55 Å². The van der Waals surface area contributed by atoms with Crippen LogP contribution in [0.25, 0.3) is 11.3 Å². The van der Waals surface area contributed by atoms with E-state index in [1.54, 1.807) is 18.2 Å². The average molecular weight is 294 g/mol. The van der Waals surface area contributed by atoms with E-state index in [4.69, 9.17) is 17.3 Å². The highest BCUT2D eigenvalue weighted by molar-refractivity contribution is 6.31. The highest BCUT2D eigenvalue weighted by Crippen LogP contribution is 2.31. The highest BCUT2D eigenvalue weighted by atomic mass is 35.5. The minimum atomic E-state index is -0.493. The van der Waals surface area contributed by atoms with Gasteiger partial charge in [0.2, 0.25) is 0 Å². The quantitative estimate of drug-likeness (QED) is 0.845. The van der Waals surface area contributed by atoms with Gasteiger partial charge in [0, 0.05) is 18.5 Å². The van der Waals surface area contributed by atoms with Crippen molar-refractivity contribution < 1.29 is 4.39 Å². The first kappa shape index (κ1) is 14.6. The second kappa shape index (κ2) is 6.09. The summed E-state index contributed by atoms with van der Waals surface area (Å²) in [5.74, 6) is 0.779. The Kier molecular flexibility index (Phi) is 4.45. The zero-order valence-corrected chi connectivity index (χ0v) is 12.1. The maximum atomic E-state index is 14.1. The van der Waals surface area contributed by atoms with Gasteiger partial charge >= 0.3 is 0 Å². The Morgan fingerprint density at radius 3 is 2.90 bits per heavy atom. The van der Waals surface area contributed by atoms with E-state index >= 15 is 0 Å². The van der Waals surface area contributed by atoms with Gasteiger partial charge in [0.25, 0.3) is 0 Å². The van der Waals surface area contributed by atoms with Crippen LogP contribution in [0.3, 0.4) is 0 Å². The van der Waals surface area contributed by atoms with Gasteiger partial charge in [-0.25, -0.2) is 9.37 Å². The van der Waals surface area contributed by atoms with E-state index in [1.165, 1.54) is 6.07 Å². The molecule has 0 saturated heterocycles.